The summed E-state index contributed by atoms with van der Waals surface area (Å²) in [6.07, 6.45) is 4.29. The minimum absolute atomic E-state index is 0.0139. The monoisotopic (exact) mass is 641 g/mol. The molecule has 12 heteroatoms. The van der Waals surface area contributed by atoms with Crippen LogP contribution in [0.3, 0.4) is 0 Å². The summed E-state index contributed by atoms with van der Waals surface area (Å²) in [4.78, 5) is 43.0. The number of anilines is 2. The van der Waals surface area contributed by atoms with Crippen LogP contribution in [0.4, 0.5) is 21.0 Å². The van der Waals surface area contributed by atoms with Crippen molar-refractivity contribution in [2.75, 3.05) is 24.4 Å². The zero-order chi connectivity index (χ0) is 33.9. The first kappa shape index (κ1) is 37.3. The first-order valence-corrected chi connectivity index (χ1v) is 18.9. The van der Waals surface area contributed by atoms with Crippen molar-refractivity contribution in [3.05, 3.63) is 55.5 Å². The number of imidazole rings is 1. The van der Waals surface area contributed by atoms with E-state index in [1.165, 1.54) is 7.11 Å². The molecule has 1 aromatic heterocycles. The SMILES string of the molecule is C=CC[C@H](NC(=O)OC(C)(C)C)c1nc(-c2ccc(NC(=O)OC)cc2NC(=O)C(C=C)C(C)C)cn1COCC[Si](C)(C)C. The van der Waals surface area contributed by atoms with Crippen LogP contribution in [0.25, 0.3) is 11.3 Å². The van der Waals surface area contributed by atoms with Gasteiger partial charge in [0.15, 0.2) is 0 Å². The molecule has 1 aromatic carbocycles. The van der Waals surface area contributed by atoms with Gasteiger partial charge in [0.25, 0.3) is 0 Å². The van der Waals surface area contributed by atoms with E-state index >= 15 is 0 Å². The highest BCUT2D eigenvalue weighted by molar-refractivity contribution is 6.76. The van der Waals surface area contributed by atoms with Crippen LogP contribution in [-0.2, 0) is 25.7 Å². The second kappa shape index (κ2) is 16.4. The molecule has 0 aliphatic rings. The molecule has 0 saturated carbocycles. The molecule has 248 valence electrons. The normalized spacial score (nSPS) is 13.0. The van der Waals surface area contributed by atoms with Gasteiger partial charge in [-0.25, -0.2) is 14.6 Å². The molecule has 3 N–H and O–H groups in total. The summed E-state index contributed by atoms with van der Waals surface area (Å²) in [5, 5.41) is 8.56. The molecule has 2 aromatic rings. The zero-order valence-electron chi connectivity index (χ0n) is 28.3. The van der Waals surface area contributed by atoms with Crippen molar-refractivity contribution >= 4 is 37.5 Å². The minimum atomic E-state index is -1.32. The number of nitrogens with one attached hydrogen (secondary N) is 3. The first-order chi connectivity index (χ1) is 21.0. The van der Waals surface area contributed by atoms with Gasteiger partial charge in [-0.05, 0) is 57.4 Å². The summed E-state index contributed by atoms with van der Waals surface area (Å²) in [6.45, 7) is 24.6. The predicted octanol–water partition coefficient (Wildman–Crippen LogP) is 7.58. The Morgan fingerprint density at radius 1 is 1.09 bits per heavy atom. The second-order valence-electron chi connectivity index (χ2n) is 13.4. The molecule has 0 saturated heterocycles. The van der Waals surface area contributed by atoms with E-state index in [2.05, 4.69) is 48.7 Å². The van der Waals surface area contributed by atoms with E-state index in [9.17, 15) is 14.4 Å². The van der Waals surface area contributed by atoms with Gasteiger partial charge < -0.3 is 29.4 Å². The molecule has 2 rings (SSSR count). The molecule has 0 radical (unpaired) electrons. The number of hydrogen-bond acceptors (Lipinski definition) is 7. The van der Waals surface area contributed by atoms with E-state index in [1.807, 2.05) is 24.6 Å². The summed E-state index contributed by atoms with van der Waals surface area (Å²) >= 11 is 0. The fraction of sp³-hybridized carbons (Fsp3) is 0.515. The molecule has 2 atom stereocenters. The number of nitrogens with zero attached hydrogens (tertiary/aromatic N) is 2. The highest BCUT2D eigenvalue weighted by Gasteiger charge is 2.26. The fourth-order valence-electron chi connectivity index (χ4n) is 4.34. The minimum Gasteiger partial charge on any atom is -0.453 e. The Morgan fingerprint density at radius 2 is 1.78 bits per heavy atom. The van der Waals surface area contributed by atoms with Crippen LogP contribution in [0.5, 0.6) is 0 Å². The van der Waals surface area contributed by atoms with Crippen LogP contribution in [0.2, 0.25) is 25.7 Å². The van der Waals surface area contributed by atoms with Crippen molar-refractivity contribution in [2.24, 2.45) is 11.8 Å². The van der Waals surface area contributed by atoms with Crippen molar-refractivity contribution < 1.29 is 28.6 Å². The summed E-state index contributed by atoms with van der Waals surface area (Å²) < 4.78 is 18.2. The Kier molecular flexibility index (Phi) is 13.6. The van der Waals surface area contributed by atoms with E-state index in [-0.39, 0.29) is 18.6 Å². The molecule has 0 aliphatic heterocycles. The maximum absolute atomic E-state index is 13.3. The summed E-state index contributed by atoms with van der Waals surface area (Å²) in [6, 6.07) is 5.51. The number of hydrogen-bond donors (Lipinski definition) is 3. The van der Waals surface area contributed by atoms with Gasteiger partial charge in [0.1, 0.15) is 18.2 Å². The number of benzene rings is 1. The van der Waals surface area contributed by atoms with Crippen molar-refractivity contribution in [3.8, 4) is 11.3 Å². The van der Waals surface area contributed by atoms with Crippen LogP contribution in [-0.4, -0.2) is 55.0 Å². The maximum atomic E-state index is 13.3. The number of carbonyl (C=O) groups excluding carboxylic acids is 3. The molecule has 11 nitrogen and oxygen atoms in total. The molecule has 1 heterocycles. The van der Waals surface area contributed by atoms with Gasteiger partial charge in [0, 0.05) is 32.1 Å². The van der Waals surface area contributed by atoms with Gasteiger partial charge in [-0.2, -0.15) is 0 Å². The number of rotatable bonds is 15. The Hall–Kier alpha value is -3.90. The molecule has 0 fully saturated rings. The molecule has 45 heavy (non-hydrogen) atoms. The van der Waals surface area contributed by atoms with Gasteiger partial charge >= 0.3 is 12.2 Å². The Morgan fingerprint density at radius 3 is 2.33 bits per heavy atom. The van der Waals surface area contributed by atoms with Gasteiger partial charge in [0.2, 0.25) is 5.91 Å². The van der Waals surface area contributed by atoms with Gasteiger partial charge in [-0.3, -0.25) is 10.1 Å². The second-order valence-corrected chi connectivity index (χ2v) is 19.0. The van der Waals surface area contributed by atoms with E-state index in [1.54, 1.807) is 51.1 Å². The van der Waals surface area contributed by atoms with Crippen molar-refractivity contribution in [3.63, 3.8) is 0 Å². The maximum Gasteiger partial charge on any atom is 0.411 e. The average molecular weight is 642 g/mol. The number of aromatic nitrogens is 2. The van der Waals surface area contributed by atoms with Crippen LogP contribution in [0.1, 0.15) is 52.9 Å². The van der Waals surface area contributed by atoms with E-state index in [0.717, 1.165) is 6.04 Å². The van der Waals surface area contributed by atoms with Crippen molar-refractivity contribution in [1.29, 1.82) is 0 Å². The molecule has 0 spiro atoms. The standard InChI is InChI=1S/C33H51N5O6Si/c1-12-14-26(37-32(41)44-33(5,6)7)29-35-28(20-38(29)21-43-17-18-45(9,10)11)25-16-15-23(34-31(40)42-8)19-27(25)36-30(39)24(13-2)22(3)4/h12-13,15-16,19-20,22,24,26H,1-2,14,17-18,21H2,3-11H3,(H,34,40)(H,36,39)(H,37,41)/t24?,26-/m0/s1. The Balaban J connectivity index is 2.63. The highest BCUT2D eigenvalue weighted by Crippen LogP contribution is 2.33. The van der Waals surface area contributed by atoms with E-state index < -0.39 is 37.8 Å². The summed E-state index contributed by atoms with van der Waals surface area (Å²) in [5.41, 5.74) is 1.29. The third-order valence-corrected chi connectivity index (χ3v) is 8.40. The Labute approximate surface area is 268 Å². The first-order valence-electron chi connectivity index (χ1n) is 15.2. The lowest BCUT2D eigenvalue weighted by Gasteiger charge is -2.23. The summed E-state index contributed by atoms with van der Waals surface area (Å²) in [7, 11) is -0.0500. The number of amides is 3. The van der Waals surface area contributed by atoms with Crippen molar-refractivity contribution in [1.82, 2.24) is 14.9 Å². The Bertz CT molecular complexity index is 1340. The third-order valence-electron chi connectivity index (χ3n) is 6.70. The lowest BCUT2D eigenvalue weighted by molar-refractivity contribution is -0.119. The van der Waals surface area contributed by atoms with Crippen molar-refractivity contribution in [2.45, 2.75) is 85.1 Å². The van der Waals surface area contributed by atoms with Gasteiger partial charge in [-0.15, -0.1) is 13.2 Å². The lowest BCUT2D eigenvalue weighted by atomic mass is 9.95. The number of alkyl carbamates (subject to hydrolysis) is 1. The van der Waals surface area contributed by atoms with Gasteiger partial charge in [0.05, 0.1) is 30.5 Å². The molecular formula is C33H51N5O6Si. The molecule has 0 bridgehead atoms. The summed E-state index contributed by atoms with van der Waals surface area (Å²) in [5.74, 6) is -0.149. The van der Waals surface area contributed by atoms with Crippen LogP contribution in [0, 0.1) is 11.8 Å². The van der Waals surface area contributed by atoms with E-state index in [0.29, 0.717) is 41.5 Å². The molecule has 0 aliphatic carbocycles. The quantitative estimate of drug-likeness (QED) is 0.104. The molecule has 3 amide bonds. The zero-order valence-corrected chi connectivity index (χ0v) is 29.3. The fourth-order valence-corrected chi connectivity index (χ4v) is 5.10. The van der Waals surface area contributed by atoms with Crippen LogP contribution in [0.15, 0.2) is 49.7 Å². The molecule has 1 unspecified atom stereocenters. The predicted molar refractivity (Wildman–Crippen MR) is 182 cm³/mol. The lowest BCUT2D eigenvalue weighted by Crippen LogP contribution is -2.36. The van der Waals surface area contributed by atoms with Gasteiger partial charge in [-0.1, -0.05) is 45.6 Å². The largest absolute Gasteiger partial charge is 0.453 e. The van der Waals surface area contributed by atoms with Crippen LogP contribution >= 0.6 is 0 Å². The number of ether oxygens (including phenoxy) is 3. The number of methoxy groups -OCH3 is 1. The smallest absolute Gasteiger partial charge is 0.411 e. The number of carbonyl (C=O) groups is 3. The van der Waals surface area contributed by atoms with E-state index in [4.69, 9.17) is 19.2 Å². The highest BCUT2D eigenvalue weighted by atomic mass is 28.3. The third kappa shape index (κ3) is 12.2. The molecular weight excluding hydrogens is 590 g/mol. The topological polar surface area (TPSA) is 133 Å². The average Bonchev–Trinajstić information content (AvgIpc) is 3.33. The van der Waals surface area contributed by atoms with Crippen LogP contribution < -0.4 is 16.0 Å².